The summed E-state index contributed by atoms with van der Waals surface area (Å²) >= 11 is 1.57. The van der Waals surface area contributed by atoms with Crippen molar-refractivity contribution in [1.29, 1.82) is 0 Å². The molecule has 1 atom stereocenters. The maximum atomic E-state index is 9.69. The van der Waals surface area contributed by atoms with E-state index in [9.17, 15) is 5.11 Å². The molecule has 1 unspecified atom stereocenters. The SMILES string of the molecule is Cc1csc(C(O)CC2CC2)n1. The average molecular weight is 183 g/mol. The minimum absolute atomic E-state index is 0.309. The highest BCUT2D eigenvalue weighted by Gasteiger charge is 2.26. The first-order valence-electron chi connectivity index (χ1n) is 4.36. The Morgan fingerprint density at radius 3 is 3.00 bits per heavy atom. The molecule has 0 saturated heterocycles. The third-order valence-electron chi connectivity index (χ3n) is 2.18. The van der Waals surface area contributed by atoms with Gasteiger partial charge in [-0.05, 0) is 19.3 Å². The van der Waals surface area contributed by atoms with Crippen molar-refractivity contribution >= 4 is 11.3 Å². The van der Waals surface area contributed by atoms with Gasteiger partial charge >= 0.3 is 0 Å². The van der Waals surface area contributed by atoms with E-state index in [4.69, 9.17) is 0 Å². The van der Waals surface area contributed by atoms with Crippen molar-refractivity contribution in [2.75, 3.05) is 0 Å². The number of nitrogens with zero attached hydrogens (tertiary/aromatic N) is 1. The van der Waals surface area contributed by atoms with Gasteiger partial charge in [0, 0.05) is 11.1 Å². The van der Waals surface area contributed by atoms with Crippen LogP contribution in [0.4, 0.5) is 0 Å². The molecule has 1 N–H and O–H groups in total. The van der Waals surface area contributed by atoms with E-state index in [1.807, 2.05) is 12.3 Å². The lowest BCUT2D eigenvalue weighted by atomic mass is 10.2. The fourth-order valence-corrected chi connectivity index (χ4v) is 2.09. The fourth-order valence-electron chi connectivity index (χ4n) is 1.30. The Hall–Kier alpha value is -0.410. The minimum atomic E-state index is -0.309. The summed E-state index contributed by atoms with van der Waals surface area (Å²) in [5.74, 6) is 0.768. The Labute approximate surface area is 76.3 Å². The highest BCUT2D eigenvalue weighted by molar-refractivity contribution is 7.09. The highest BCUT2D eigenvalue weighted by Crippen LogP contribution is 2.37. The summed E-state index contributed by atoms with van der Waals surface area (Å²) in [4.78, 5) is 4.26. The minimum Gasteiger partial charge on any atom is -0.386 e. The normalized spacial score (nSPS) is 19.5. The van der Waals surface area contributed by atoms with E-state index in [2.05, 4.69) is 4.98 Å². The third-order valence-corrected chi connectivity index (χ3v) is 3.24. The second kappa shape index (κ2) is 3.15. The van der Waals surface area contributed by atoms with Crippen LogP contribution in [0.25, 0.3) is 0 Å². The summed E-state index contributed by atoms with van der Waals surface area (Å²) in [6.45, 7) is 1.96. The van der Waals surface area contributed by atoms with Crippen LogP contribution in [0.5, 0.6) is 0 Å². The lowest BCUT2D eigenvalue weighted by Crippen LogP contribution is -1.97. The summed E-state index contributed by atoms with van der Waals surface area (Å²) < 4.78 is 0. The van der Waals surface area contributed by atoms with Crippen molar-refractivity contribution in [1.82, 2.24) is 4.98 Å². The first-order chi connectivity index (χ1) is 5.75. The highest BCUT2D eigenvalue weighted by atomic mass is 32.1. The van der Waals surface area contributed by atoms with E-state index in [-0.39, 0.29) is 6.10 Å². The molecule has 1 aliphatic rings. The summed E-state index contributed by atoms with van der Waals surface area (Å²) in [6, 6.07) is 0. The summed E-state index contributed by atoms with van der Waals surface area (Å²) in [5.41, 5.74) is 1.02. The van der Waals surface area contributed by atoms with Crippen LogP contribution in [0.15, 0.2) is 5.38 Å². The van der Waals surface area contributed by atoms with Gasteiger partial charge in [0.05, 0.1) is 0 Å². The standard InChI is InChI=1S/C9H13NOS/c1-6-5-12-9(10-6)8(11)4-7-2-3-7/h5,7-8,11H,2-4H2,1H3. The topological polar surface area (TPSA) is 33.1 Å². The molecule has 0 aliphatic heterocycles. The van der Waals surface area contributed by atoms with Gasteiger partial charge in [0.15, 0.2) is 0 Å². The van der Waals surface area contributed by atoms with Crippen molar-refractivity contribution in [3.05, 3.63) is 16.1 Å². The van der Waals surface area contributed by atoms with Gasteiger partial charge in [-0.2, -0.15) is 0 Å². The molecule has 1 saturated carbocycles. The van der Waals surface area contributed by atoms with Crippen molar-refractivity contribution in [3.8, 4) is 0 Å². The summed E-state index contributed by atoms with van der Waals surface area (Å²) in [7, 11) is 0. The lowest BCUT2D eigenvalue weighted by Gasteiger charge is -2.04. The molecule has 1 aromatic rings. The van der Waals surface area contributed by atoms with Crippen LogP contribution in [-0.2, 0) is 0 Å². The largest absolute Gasteiger partial charge is 0.386 e. The number of hydrogen-bond donors (Lipinski definition) is 1. The summed E-state index contributed by atoms with van der Waals surface area (Å²) in [5, 5.41) is 12.6. The molecule has 2 rings (SSSR count). The van der Waals surface area contributed by atoms with E-state index in [1.54, 1.807) is 11.3 Å². The molecule has 0 amide bonds. The quantitative estimate of drug-likeness (QED) is 0.780. The van der Waals surface area contributed by atoms with Gasteiger partial charge in [-0.25, -0.2) is 4.98 Å². The lowest BCUT2D eigenvalue weighted by molar-refractivity contribution is 0.160. The molecule has 1 aliphatic carbocycles. The van der Waals surface area contributed by atoms with Crippen molar-refractivity contribution < 1.29 is 5.11 Å². The maximum Gasteiger partial charge on any atom is 0.121 e. The van der Waals surface area contributed by atoms with Gasteiger partial charge in [-0.3, -0.25) is 0 Å². The van der Waals surface area contributed by atoms with Crippen LogP contribution in [-0.4, -0.2) is 10.1 Å². The Kier molecular flexibility index (Phi) is 2.15. The van der Waals surface area contributed by atoms with Crippen LogP contribution in [0.2, 0.25) is 0 Å². The number of aliphatic hydroxyl groups is 1. The second-order valence-corrected chi connectivity index (χ2v) is 4.41. The molecule has 0 spiro atoms. The zero-order valence-electron chi connectivity index (χ0n) is 7.16. The van der Waals surface area contributed by atoms with E-state index in [0.29, 0.717) is 0 Å². The van der Waals surface area contributed by atoms with Gasteiger partial charge in [0.25, 0.3) is 0 Å². The van der Waals surface area contributed by atoms with E-state index < -0.39 is 0 Å². The van der Waals surface area contributed by atoms with Crippen LogP contribution in [0, 0.1) is 12.8 Å². The average Bonchev–Trinajstić information content (AvgIpc) is 2.72. The first-order valence-corrected chi connectivity index (χ1v) is 5.24. The predicted octanol–water partition coefficient (Wildman–Crippen LogP) is 2.29. The Bertz CT molecular complexity index is 267. The fraction of sp³-hybridized carbons (Fsp3) is 0.667. The smallest absolute Gasteiger partial charge is 0.121 e. The molecule has 12 heavy (non-hydrogen) atoms. The first kappa shape index (κ1) is 8.20. The number of aromatic nitrogens is 1. The van der Waals surface area contributed by atoms with Crippen LogP contribution < -0.4 is 0 Å². The number of aryl methyl sites for hydroxylation is 1. The molecule has 2 nitrogen and oxygen atoms in total. The monoisotopic (exact) mass is 183 g/mol. The molecule has 1 heterocycles. The third kappa shape index (κ3) is 1.84. The predicted molar refractivity (Wildman–Crippen MR) is 49.2 cm³/mol. The second-order valence-electron chi connectivity index (χ2n) is 3.52. The van der Waals surface area contributed by atoms with Crippen molar-refractivity contribution in [2.24, 2.45) is 5.92 Å². The van der Waals surface area contributed by atoms with E-state index in [1.165, 1.54) is 12.8 Å². The molecule has 1 fully saturated rings. The summed E-state index contributed by atoms with van der Waals surface area (Å²) in [6.07, 6.45) is 3.19. The molecule has 0 bridgehead atoms. The van der Waals surface area contributed by atoms with E-state index >= 15 is 0 Å². The Morgan fingerprint density at radius 1 is 1.75 bits per heavy atom. The zero-order valence-corrected chi connectivity index (χ0v) is 7.97. The van der Waals surface area contributed by atoms with Crippen molar-refractivity contribution in [3.63, 3.8) is 0 Å². The van der Waals surface area contributed by atoms with Crippen molar-refractivity contribution in [2.45, 2.75) is 32.3 Å². The van der Waals surface area contributed by atoms with Gasteiger partial charge in [-0.1, -0.05) is 12.8 Å². The maximum absolute atomic E-state index is 9.69. The Morgan fingerprint density at radius 2 is 2.50 bits per heavy atom. The molecular formula is C9H13NOS. The molecule has 0 radical (unpaired) electrons. The number of aliphatic hydroxyl groups excluding tert-OH is 1. The molecule has 1 aromatic heterocycles. The van der Waals surface area contributed by atoms with Gasteiger partial charge in [-0.15, -0.1) is 11.3 Å². The van der Waals surface area contributed by atoms with Crippen LogP contribution >= 0.6 is 11.3 Å². The van der Waals surface area contributed by atoms with Gasteiger partial charge in [0.1, 0.15) is 11.1 Å². The number of rotatable bonds is 3. The van der Waals surface area contributed by atoms with E-state index in [0.717, 1.165) is 23.0 Å². The molecule has 66 valence electrons. The van der Waals surface area contributed by atoms with Gasteiger partial charge in [0.2, 0.25) is 0 Å². The molecule has 3 heteroatoms. The molecular weight excluding hydrogens is 170 g/mol. The number of hydrogen-bond acceptors (Lipinski definition) is 3. The van der Waals surface area contributed by atoms with Crippen LogP contribution in [0.3, 0.4) is 0 Å². The number of thiazole rings is 1. The van der Waals surface area contributed by atoms with Crippen LogP contribution in [0.1, 0.15) is 36.1 Å². The molecule has 0 aromatic carbocycles. The zero-order chi connectivity index (χ0) is 8.55. The Balaban J connectivity index is 1.97. The van der Waals surface area contributed by atoms with Gasteiger partial charge < -0.3 is 5.11 Å².